The summed E-state index contributed by atoms with van der Waals surface area (Å²) in [5.74, 6) is 0. The highest BCUT2D eigenvalue weighted by molar-refractivity contribution is 5.72. The molecule has 5 nitrogen and oxygen atoms in total. The van der Waals surface area contributed by atoms with Crippen molar-refractivity contribution in [1.29, 1.82) is 0 Å². The number of nitrogens with zero attached hydrogens (tertiary/aromatic N) is 4. The largest absolute Gasteiger partial charge is 0.297 e. The van der Waals surface area contributed by atoms with Gasteiger partial charge in [0.05, 0.1) is 5.69 Å². The number of aromatic nitrogens is 3. The van der Waals surface area contributed by atoms with Gasteiger partial charge in [-0.15, -0.1) is 0 Å². The van der Waals surface area contributed by atoms with E-state index in [1.165, 1.54) is 33.4 Å². The van der Waals surface area contributed by atoms with Gasteiger partial charge in [-0.3, -0.25) is 19.9 Å². The van der Waals surface area contributed by atoms with Crippen LogP contribution in [0.3, 0.4) is 0 Å². The number of nitrogens with one attached hydrogen (secondary N) is 1. The Kier molecular flexibility index (Phi) is 6.88. The Hall–Kier alpha value is -4.06. The highest BCUT2D eigenvalue weighted by atomic mass is 15.3. The number of hydrogen-bond acceptors (Lipinski definition) is 4. The summed E-state index contributed by atoms with van der Waals surface area (Å²) in [6.07, 6.45) is 5.61. The van der Waals surface area contributed by atoms with Gasteiger partial charge < -0.3 is 0 Å². The first-order chi connectivity index (χ1) is 18.3. The number of rotatable bonds is 7. The molecule has 0 amide bonds. The SMILES string of the molecule is c1cc(CN2CCN(Cc3ccc(-c4ccc(-c5ccc(-c6cc[nH]n6)cc5)cc4)cc3)CC2)ccn1. The zero-order chi connectivity index (χ0) is 24.9. The maximum atomic E-state index is 4.26. The minimum atomic E-state index is 0.966. The molecule has 3 heterocycles. The van der Waals surface area contributed by atoms with E-state index in [1.807, 2.05) is 24.7 Å². The van der Waals surface area contributed by atoms with E-state index in [1.54, 1.807) is 0 Å². The van der Waals surface area contributed by atoms with Crippen molar-refractivity contribution in [3.8, 4) is 33.5 Å². The number of H-pyrrole nitrogens is 1. The number of aromatic amines is 1. The Labute approximate surface area is 218 Å². The fourth-order valence-corrected chi connectivity index (χ4v) is 5.02. The van der Waals surface area contributed by atoms with Crippen molar-refractivity contribution in [2.45, 2.75) is 13.1 Å². The van der Waals surface area contributed by atoms with Gasteiger partial charge in [0.25, 0.3) is 0 Å². The van der Waals surface area contributed by atoms with Crippen LogP contribution in [0.5, 0.6) is 0 Å². The normalized spacial score (nSPS) is 14.6. The zero-order valence-corrected chi connectivity index (χ0v) is 20.9. The van der Waals surface area contributed by atoms with Crippen LogP contribution in [0, 0.1) is 0 Å². The fourth-order valence-electron chi connectivity index (χ4n) is 5.02. The molecule has 6 rings (SSSR count). The lowest BCUT2D eigenvalue weighted by molar-refractivity contribution is 0.122. The number of benzene rings is 3. The van der Waals surface area contributed by atoms with Gasteiger partial charge >= 0.3 is 0 Å². The molecule has 0 saturated carbocycles. The Morgan fingerprint density at radius 2 is 0.946 bits per heavy atom. The summed E-state index contributed by atoms with van der Waals surface area (Å²) in [5, 5.41) is 7.13. The molecule has 0 aliphatic carbocycles. The second-order valence-corrected chi connectivity index (χ2v) is 9.72. The summed E-state index contributed by atoms with van der Waals surface area (Å²) in [5.41, 5.74) is 9.73. The van der Waals surface area contributed by atoms with Crippen LogP contribution in [0.4, 0.5) is 0 Å². The van der Waals surface area contributed by atoms with Crippen molar-refractivity contribution in [2.24, 2.45) is 0 Å². The lowest BCUT2D eigenvalue weighted by Gasteiger charge is -2.34. The molecule has 184 valence electrons. The van der Waals surface area contributed by atoms with Crippen LogP contribution in [-0.2, 0) is 13.1 Å². The van der Waals surface area contributed by atoms with Crippen molar-refractivity contribution in [2.75, 3.05) is 26.2 Å². The fraction of sp³-hybridized carbons (Fsp3) is 0.188. The molecule has 1 aliphatic rings. The lowest BCUT2D eigenvalue weighted by atomic mass is 9.98. The quantitative estimate of drug-likeness (QED) is 0.302. The zero-order valence-electron chi connectivity index (χ0n) is 20.9. The lowest BCUT2D eigenvalue weighted by Crippen LogP contribution is -2.45. The van der Waals surface area contributed by atoms with Crippen molar-refractivity contribution < 1.29 is 0 Å². The predicted molar refractivity (Wildman–Crippen MR) is 150 cm³/mol. The molecule has 0 atom stereocenters. The molecular formula is C32H31N5. The monoisotopic (exact) mass is 485 g/mol. The van der Waals surface area contributed by atoms with Crippen LogP contribution < -0.4 is 0 Å². The van der Waals surface area contributed by atoms with E-state index in [9.17, 15) is 0 Å². The van der Waals surface area contributed by atoms with Crippen molar-refractivity contribution >= 4 is 0 Å². The standard InChI is InChI=1S/C32H31N5/c1-3-27(4-2-25(1)23-36-19-21-37(22-20-36)24-26-13-16-33-17-14-26)28-5-7-29(8-6-28)30-9-11-31(12-10-30)32-15-18-34-35-32/h1-18H,19-24H2,(H,34,35). The third-order valence-corrected chi connectivity index (χ3v) is 7.21. The Morgan fingerprint density at radius 3 is 1.41 bits per heavy atom. The maximum absolute atomic E-state index is 4.26. The molecule has 3 aromatic carbocycles. The molecule has 0 bridgehead atoms. The molecule has 37 heavy (non-hydrogen) atoms. The van der Waals surface area contributed by atoms with E-state index >= 15 is 0 Å². The van der Waals surface area contributed by atoms with E-state index in [-0.39, 0.29) is 0 Å². The van der Waals surface area contributed by atoms with Gasteiger partial charge in [0.1, 0.15) is 0 Å². The van der Waals surface area contributed by atoms with Crippen LogP contribution in [-0.4, -0.2) is 51.2 Å². The van der Waals surface area contributed by atoms with E-state index in [4.69, 9.17) is 0 Å². The number of hydrogen-bond donors (Lipinski definition) is 1. The van der Waals surface area contributed by atoms with E-state index in [0.29, 0.717) is 0 Å². The van der Waals surface area contributed by atoms with E-state index in [0.717, 1.165) is 50.5 Å². The Bertz CT molecular complexity index is 1390. The summed E-state index contributed by atoms with van der Waals surface area (Å²) in [6, 6.07) is 32.7. The molecule has 2 aromatic heterocycles. The van der Waals surface area contributed by atoms with Crippen molar-refractivity contribution in [3.05, 3.63) is 121 Å². The number of piperazine rings is 1. The molecule has 0 spiro atoms. The molecule has 0 radical (unpaired) electrons. The average molecular weight is 486 g/mol. The molecule has 5 heteroatoms. The third kappa shape index (κ3) is 5.69. The number of pyridine rings is 1. The van der Waals surface area contributed by atoms with Gasteiger partial charge in [-0.05, 0) is 51.6 Å². The summed E-state index contributed by atoms with van der Waals surface area (Å²) < 4.78 is 0. The minimum absolute atomic E-state index is 0.966. The molecule has 1 saturated heterocycles. The third-order valence-electron chi connectivity index (χ3n) is 7.21. The summed E-state index contributed by atoms with van der Waals surface area (Å²) in [6.45, 7) is 6.46. The summed E-state index contributed by atoms with van der Waals surface area (Å²) in [4.78, 5) is 9.21. The first-order valence-electron chi connectivity index (χ1n) is 12.9. The van der Waals surface area contributed by atoms with E-state index in [2.05, 4.69) is 110 Å². The topological polar surface area (TPSA) is 48.0 Å². The van der Waals surface area contributed by atoms with Gasteiger partial charge in [0, 0.05) is 63.4 Å². The molecule has 1 N–H and O–H groups in total. The molecule has 1 aliphatic heterocycles. The second kappa shape index (κ2) is 10.9. The van der Waals surface area contributed by atoms with Gasteiger partial charge in [-0.2, -0.15) is 5.10 Å². The van der Waals surface area contributed by atoms with Crippen molar-refractivity contribution in [1.82, 2.24) is 25.0 Å². The molecule has 5 aromatic rings. The minimum Gasteiger partial charge on any atom is -0.297 e. The Balaban J connectivity index is 1.03. The van der Waals surface area contributed by atoms with Gasteiger partial charge in [0.2, 0.25) is 0 Å². The van der Waals surface area contributed by atoms with Crippen LogP contribution in [0.15, 0.2) is 110 Å². The maximum Gasteiger partial charge on any atom is 0.0920 e. The van der Waals surface area contributed by atoms with Gasteiger partial charge in [-0.25, -0.2) is 0 Å². The average Bonchev–Trinajstić information content (AvgIpc) is 3.51. The molecular weight excluding hydrogens is 454 g/mol. The summed E-state index contributed by atoms with van der Waals surface area (Å²) in [7, 11) is 0. The van der Waals surface area contributed by atoms with E-state index < -0.39 is 0 Å². The smallest absolute Gasteiger partial charge is 0.0920 e. The van der Waals surface area contributed by atoms with Gasteiger partial charge in [-0.1, -0.05) is 72.8 Å². The first-order valence-corrected chi connectivity index (χ1v) is 12.9. The summed E-state index contributed by atoms with van der Waals surface area (Å²) >= 11 is 0. The Morgan fingerprint density at radius 1 is 0.514 bits per heavy atom. The van der Waals surface area contributed by atoms with Crippen LogP contribution in [0.1, 0.15) is 11.1 Å². The highest BCUT2D eigenvalue weighted by Crippen LogP contribution is 2.27. The predicted octanol–water partition coefficient (Wildman–Crippen LogP) is 6.12. The first kappa shape index (κ1) is 23.3. The molecule has 0 unspecified atom stereocenters. The van der Waals surface area contributed by atoms with Crippen LogP contribution in [0.2, 0.25) is 0 Å². The van der Waals surface area contributed by atoms with Gasteiger partial charge in [0.15, 0.2) is 0 Å². The molecule has 1 fully saturated rings. The van der Waals surface area contributed by atoms with Crippen LogP contribution >= 0.6 is 0 Å². The second-order valence-electron chi connectivity index (χ2n) is 9.72. The van der Waals surface area contributed by atoms with Crippen LogP contribution in [0.25, 0.3) is 33.5 Å². The van der Waals surface area contributed by atoms with Crippen molar-refractivity contribution in [3.63, 3.8) is 0 Å². The highest BCUT2D eigenvalue weighted by Gasteiger charge is 2.17.